The van der Waals surface area contributed by atoms with E-state index < -0.39 is 0 Å². The number of hydrazone groups is 1. The van der Waals surface area contributed by atoms with E-state index in [0.717, 1.165) is 5.56 Å². The number of pyridine rings is 1. The third-order valence-corrected chi connectivity index (χ3v) is 4.68. The van der Waals surface area contributed by atoms with Gasteiger partial charge in [-0.25, -0.2) is 15.4 Å². The van der Waals surface area contributed by atoms with Gasteiger partial charge in [0.25, 0.3) is 11.1 Å². The summed E-state index contributed by atoms with van der Waals surface area (Å²) in [7, 11) is 0. The summed E-state index contributed by atoms with van der Waals surface area (Å²) in [6, 6.07) is 12.1. The molecule has 0 saturated carbocycles. The molecule has 0 fully saturated rings. The van der Waals surface area contributed by atoms with Gasteiger partial charge in [-0.05, 0) is 49.7 Å². The van der Waals surface area contributed by atoms with E-state index in [1.807, 2.05) is 13.0 Å². The summed E-state index contributed by atoms with van der Waals surface area (Å²) < 4.78 is 1.45. The minimum absolute atomic E-state index is 0.165. The Morgan fingerprint density at radius 3 is 2.65 bits per heavy atom. The van der Waals surface area contributed by atoms with Crippen LogP contribution in [-0.2, 0) is 0 Å². The van der Waals surface area contributed by atoms with Crippen molar-refractivity contribution in [2.45, 2.75) is 13.8 Å². The highest BCUT2D eigenvalue weighted by Crippen LogP contribution is 2.20. The van der Waals surface area contributed by atoms with Crippen molar-refractivity contribution in [1.82, 2.24) is 19.4 Å². The SMILES string of the molecule is Cc1cc(=O)[nH]c(N/N=C/c2c(Nc3ccc(Cl)cc3)nc3c(C)cccn3c2=O)n1. The molecule has 0 unspecified atom stereocenters. The van der Waals surface area contributed by atoms with Crippen LogP contribution >= 0.6 is 11.6 Å². The monoisotopic (exact) mass is 435 g/mol. The average Bonchev–Trinajstić information content (AvgIpc) is 2.72. The van der Waals surface area contributed by atoms with Crippen LogP contribution in [0.2, 0.25) is 5.02 Å². The first-order valence-corrected chi connectivity index (χ1v) is 9.70. The molecular weight excluding hydrogens is 418 g/mol. The molecule has 0 spiro atoms. The molecule has 10 heteroatoms. The molecule has 31 heavy (non-hydrogen) atoms. The number of halogens is 1. The maximum absolute atomic E-state index is 13.2. The lowest BCUT2D eigenvalue weighted by Gasteiger charge is -2.12. The molecule has 3 aromatic heterocycles. The van der Waals surface area contributed by atoms with Crippen molar-refractivity contribution in [2.75, 3.05) is 10.7 Å². The lowest BCUT2D eigenvalue weighted by Crippen LogP contribution is -2.22. The zero-order valence-corrected chi connectivity index (χ0v) is 17.4. The highest BCUT2D eigenvalue weighted by Gasteiger charge is 2.13. The van der Waals surface area contributed by atoms with Crippen LogP contribution in [0.3, 0.4) is 0 Å². The number of aromatic amines is 1. The molecule has 9 nitrogen and oxygen atoms in total. The number of hydrogen-bond acceptors (Lipinski definition) is 7. The second-order valence-corrected chi connectivity index (χ2v) is 7.24. The molecule has 0 aliphatic carbocycles. The summed E-state index contributed by atoms with van der Waals surface area (Å²) in [4.78, 5) is 36.1. The van der Waals surface area contributed by atoms with Gasteiger partial charge in [-0.3, -0.25) is 19.0 Å². The lowest BCUT2D eigenvalue weighted by atomic mass is 10.2. The zero-order valence-electron chi connectivity index (χ0n) is 16.7. The molecule has 4 rings (SSSR count). The fourth-order valence-electron chi connectivity index (χ4n) is 2.98. The Morgan fingerprint density at radius 2 is 1.90 bits per heavy atom. The van der Waals surface area contributed by atoms with Crippen LogP contribution in [0.1, 0.15) is 16.8 Å². The van der Waals surface area contributed by atoms with Crippen molar-refractivity contribution in [3.8, 4) is 0 Å². The Bertz CT molecular complexity index is 1410. The number of H-pyrrole nitrogens is 1. The predicted molar refractivity (Wildman–Crippen MR) is 122 cm³/mol. The number of aromatic nitrogens is 4. The number of nitrogens with one attached hydrogen (secondary N) is 3. The van der Waals surface area contributed by atoms with Crippen molar-refractivity contribution in [1.29, 1.82) is 0 Å². The number of fused-ring (bicyclic) bond motifs is 1. The highest BCUT2D eigenvalue weighted by atomic mass is 35.5. The minimum atomic E-state index is -0.307. The van der Waals surface area contributed by atoms with Gasteiger partial charge in [-0.2, -0.15) is 5.10 Å². The van der Waals surface area contributed by atoms with Gasteiger partial charge in [0, 0.05) is 28.7 Å². The van der Waals surface area contributed by atoms with Gasteiger partial charge in [0.05, 0.1) is 6.21 Å². The second-order valence-electron chi connectivity index (χ2n) is 6.80. The van der Waals surface area contributed by atoms with Gasteiger partial charge in [0.1, 0.15) is 17.0 Å². The van der Waals surface area contributed by atoms with Crippen LogP contribution in [0, 0.1) is 13.8 Å². The average molecular weight is 436 g/mol. The summed E-state index contributed by atoms with van der Waals surface area (Å²) in [6.45, 7) is 3.57. The standard InChI is InChI=1S/C21H18ClN7O2/c1-12-4-3-9-29-19(12)27-18(25-15-7-5-14(22)6-8-15)16(20(29)31)11-23-28-21-24-13(2)10-17(30)26-21/h3-11,25H,1-2H3,(H2,24,26,28,30)/b23-11+. The van der Waals surface area contributed by atoms with E-state index >= 15 is 0 Å². The van der Waals surface area contributed by atoms with Crippen LogP contribution in [0.5, 0.6) is 0 Å². The number of aryl methyl sites for hydroxylation is 2. The molecule has 0 aliphatic heterocycles. The van der Waals surface area contributed by atoms with Crippen LogP contribution < -0.4 is 21.9 Å². The summed E-state index contributed by atoms with van der Waals surface area (Å²) in [6.07, 6.45) is 2.98. The number of rotatable bonds is 5. The van der Waals surface area contributed by atoms with Crippen molar-refractivity contribution in [3.63, 3.8) is 0 Å². The smallest absolute Gasteiger partial charge is 0.268 e. The second kappa shape index (κ2) is 8.41. The Morgan fingerprint density at radius 1 is 1.13 bits per heavy atom. The molecule has 0 aliphatic rings. The normalized spacial score (nSPS) is 11.2. The van der Waals surface area contributed by atoms with E-state index in [4.69, 9.17) is 11.6 Å². The molecular formula is C21H18ClN7O2. The molecule has 0 saturated heterocycles. The van der Waals surface area contributed by atoms with Gasteiger partial charge in [0.15, 0.2) is 0 Å². The van der Waals surface area contributed by atoms with E-state index in [9.17, 15) is 9.59 Å². The number of anilines is 3. The maximum atomic E-state index is 13.2. The van der Waals surface area contributed by atoms with Gasteiger partial charge in [0.2, 0.25) is 5.95 Å². The third-order valence-electron chi connectivity index (χ3n) is 4.43. The third kappa shape index (κ3) is 4.46. The fraction of sp³-hybridized carbons (Fsp3) is 0.0952. The Labute approximate surface area is 181 Å². The summed E-state index contributed by atoms with van der Waals surface area (Å²) in [5.41, 5.74) is 4.87. The molecule has 1 aromatic carbocycles. The Kier molecular flexibility index (Phi) is 5.50. The molecule has 156 valence electrons. The van der Waals surface area contributed by atoms with Crippen molar-refractivity contribution in [2.24, 2.45) is 5.10 Å². The van der Waals surface area contributed by atoms with E-state index in [2.05, 4.69) is 30.8 Å². The molecule has 3 N–H and O–H groups in total. The van der Waals surface area contributed by atoms with E-state index in [0.29, 0.717) is 27.9 Å². The quantitative estimate of drug-likeness (QED) is 0.327. The first-order valence-electron chi connectivity index (χ1n) is 9.32. The highest BCUT2D eigenvalue weighted by molar-refractivity contribution is 6.30. The van der Waals surface area contributed by atoms with Gasteiger partial charge in [-0.15, -0.1) is 0 Å². The summed E-state index contributed by atoms with van der Waals surface area (Å²) in [5.74, 6) is 0.496. The summed E-state index contributed by atoms with van der Waals surface area (Å²) in [5, 5.41) is 7.83. The number of benzene rings is 1. The molecule has 3 heterocycles. The van der Waals surface area contributed by atoms with Crippen LogP contribution in [-0.4, -0.2) is 25.6 Å². The van der Waals surface area contributed by atoms with E-state index in [-0.39, 0.29) is 22.6 Å². The van der Waals surface area contributed by atoms with Gasteiger partial charge < -0.3 is 5.32 Å². The molecule has 0 radical (unpaired) electrons. The first-order chi connectivity index (χ1) is 14.9. The molecule has 0 bridgehead atoms. The van der Waals surface area contributed by atoms with Gasteiger partial charge in [-0.1, -0.05) is 17.7 Å². The predicted octanol–water partition coefficient (Wildman–Crippen LogP) is 3.24. The maximum Gasteiger partial charge on any atom is 0.268 e. The fourth-order valence-corrected chi connectivity index (χ4v) is 3.11. The molecule has 0 atom stereocenters. The van der Waals surface area contributed by atoms with Crippen molar-refractivity contribution < 1.29 is 0 Å². The Hall–Kier alpha value is -3.98. The molecule has 0 amide bonds. The zero-order chi connectivity index (χ0) is 22.0. The first kappa shape index (κ1) is 20.3. The summed E-state index contributed by atoms with van der Waals surface area (Å²) >= 11 is 5.96. The topological polar surface area (TPSA) is 117 Å². The van der Waals surface area contributed by atoms with Crippen molar-refractivity contribution in [3.05, 3.63) is 91.2 Å². The minimum Gasteiger partial charge on any atom is -0.339 e. The van der Waals surface area contributed by atoms with Crippen LogP contribution in [0.25, 0.3) is 5.65 Å². The van der Waals surface area contributed by atoms with E-state index in [1.54, 1.807) is 43.5 Å². The largest absolute Gasteiger partial charge is 0.339 e. The van der Waals surface area contributed by atoms with Crippen LogP contribution in [0.4, 0.5) is 17.5 Å². The lowest BCUT2D eigenvalue weighted by molar-refractivity contribution is 1.02. The number of hydrogen-bond donors (Lipinski definition) is 3. The van der Waals surface area contributed by atoms with Gasteiger partial charge >= 0.3 is 0 Å². The Balaban J connectivity index is 1.77. The van der Waals surface area contributed by atoms with Crippen molar-refractivity contribution >= 4 is 40.9 Å². The van der Waals surface area contributed by atoms with E-state index in [1.165, 1.54) is 16.7 Å². The number of nitrogens with zero attached hydrogens (tertiary/aromatic N) is 4. The molecule has 4 aromatic rings. The van der Waals surface area contributed by atoms with Crippen LogP contribution in [0.15, 0.2) is 63.4 Å².